The van der Waals surface area contributed by atoms with Gasteiger partial charge in [-0.3, -0.25) is 10.1 Å². The van der Waals surface area contributed by atoms with Gasteiger partial charge in [0.2, 0.25) is 5.91 Å². The Balaban J connectivity index is 2.13. The smallest absolute Gasteiger partial charge is 0.241 e. The second kappa shape index (κ2) is 6.25. The highest BCUT2D eigenvalue weighted by molar-refractivity contribution is 5.84. The molecule has 0 aromatic heterocycles. The number of nitrogens with zero attached hydrogens (tertiary/aromatic N) is 1. The minimum absolute atomic E-state index is 0.0597. The van der Waals surface area contributed by atoms with Crippen LogP contribution in [0, 0.1) is 11.8 Å². The SMILES string of the molecule is CCCC1NC(CC)C(=O)N1C1CCC(CC)C1C. The van der Waals surface area contributed by atoms with Crippen LogP contribution in [-0.4, -0.2) is 29.1 Å². The molecule has 3 heteroatoms. The summed E-state index contributed by atoms with van der Waals surface area (Å²) in [5.74, 6) is 1.82. The second-order valence-corrected chi connectivity index (χ2v) is 6.35. The molecule has 3 nitrogen and oxygen atoms in total. The fourth-order valence-corrected chi connectivity index (χ4v) is 4.09. The summed E-state index contributed by atoms with van der Waals surface area (Å²) < 4.78 is 0. The van der Waals surface area contributed by atoms with E-state index in [2.05, 4.69) is 37.9 Å². The molecule has 1 saturated heterocycles. The molecule has 1 N–H and O–H groups in total. The molecule has 0 spiro atoms. The predicted molar refractivity (Wildman–Crippen MR) is 78.7 cm³/mol. The second-order valence-electron chi connectivity index (χ2n) is 6.35. The third-order valence-electron chi connectivity index (χ3n) is 5.32. The maximum Gasteiger partial charge on any atom is 0.241 e. The van der Waals surface area contributed by atoms with E-state index in [1.54, 1.807) is 0 Å². The number of carbonyl (C=O) groups is 1. The lowest BCUT2D eigenvalue weighted by Gasteiger charge is -2.34. The molecule has 0 aromatic rings. The van der Waals surface area contributed by atoms with E-state index in [1.165, 1.54) is 19.3 Å². The van der Waals surface area contributed by atoms with Crippen molar-refractivity contribution >= 4 is 5.91 Å². The van der Waals surface area contributed by atoms with Gasteiger partial charge in [-0.25, -0.2) is 0 Å². The molecule has 0 radical (unpaired) electrons. The van der Waals surface area contributed by atoms with Crippen LogP contribution in [0.3, 0.4) is 0 Å². The fourth-order valence-electron chi connectivity index (χ4n) is 4.09. The molecule has 19 heavy (non-hydrogen) atoms. The Hall–Kier alpha value is -0.570. The van der Waals surface area contributed by atoms with Crippen molar-refractivity contribution in [2.45, 2.75) is 84.5 Å². The molecule has 1 aliphatic carbocycles. The van der Waals surface area contributed by atoms with Crippen molar-refractivity contribution in [1.29, 1.82) is 0 Å². The van der Waals surface area contributed by atoms with Crippen LogP contribution >= 0.6 is 0 Å². The molecular formula is C16H30N2O. The quantitative estimate of drug-likeness (QED) is 0.829. The Morgan fingerprint density at radius 3 is 2.47 bits per heavy atom. The van der Waals surface area contributed by atoms with E-state index in [-0.39, 0.29) is 12.2 Å². The van der Waals surface area contributed by atoms with Crippen LogP contribution in [0.15, 0.2) is 0 Å². The first-order chi connectivity index (χ1) is 9.13. The summed E-state index contributed by atoms with van der Waals surface area (Å²) in [5, 5.41) is 3.55. The van der Waals surface area contributed by atoms with E-state index < -0.39 is 0 Å². The van der Waals surface area contributed by atoms with Gasteiger partial charge in [-0.05, 0) is 37.5 Å². The standard InChI is InChI=1S/C16H30N2O/c1-5-8-15-17-13(7-3)16(19)18(15)14-10-9-12(6-2)11(14)4/h11-15,17H,5-10H2,1-4H3. The summed E-state index contributed by atoms with van der Waals surface area (Å²) >= 11 is 0. The van der Waals surface area contributed by atoms with E-state index in [1.807, 2.05) is 0 Å². The average Bonchev–Trinajstić information content (AvgIpc) is 2.91. The molecule has 2 fully saturated rings. The van der Waals surface area contributed by atoms with E-state index >= 15 is 0 Å². The van der Waals surface area contributed by atoms with Crippen molar-refractivity contribution in [2.24, 2.45) is 11.8 Å². The van der Waals surface area contributed by atoms with E-state index in [4.69, 9.17) is 0 Å². The fraction of sp³-hybridized carbons (Fsp3) is 0.938. The first-order valence-corrected chi connectivity index (χ1v) is 8.22. The molecule has 2 rings (SSSR count). The number of nitrogens with one attached hydrogen (secondary N) is 1. The van der Waals surface area contributed by atoms with Gasteiger partial charge in [0.05, 0.1) is 12.2 Å². The number of rotatable bonds is 5. The maximum atomic E-state index is 12.6. The van der Waals surface area contributed by atoms with Gasteiger partial charge in [0, 0.05) is 6.04 Å². The molecule has 0 bridgehead atoms. The minimum atomic E-state index is 0.0597. The summed E-state index contributed by atoms with van der Waals surface area (Å²) in [7, 11) is 0. The van der Waals surface area contributed by atoms with Gasteiger partial charge >= 0.3 is 0 Å². The third kappa shape index (κ3) is 2.67. The molecule has 1 heterocycles. The Morgan fingerprint density at radius 1 is 1.21 bits per heavy atom. The lowest BCUT2D eigenvalue weighted by Crippen LogP contribution is -2.46. The summed E-state index contributed by atoms with van der Waals surface area (Å²) in [6.07, 6.45) is 7.16. The minimum Gasteiger partial charge on any atom is -0.323 e. The lowest BCUT2D eigenvalue weighted by atomic mass is 9.92. The number of hydrogen-bond donors (Lipinski definition) is 1. The summed E-state index contributed by atoms with van der Waals surface area (Å²) in [4.78, 5) is 14.8. The van der Waals surface area contributed by atoms with Crippen LogP contribution in [0.25, 0.3) is 0 Å². The highest BCUT2D eigenvalue weighted by Crippen LogP contribution is 2.39. The molecule has 0 aromatic carbocycles. The van der Waals surface area contributed by atoms with Gasteiger partial charge in [0.1, 0.15) is 0 Å². The van der Waals surface area contributed by atoms with Crippen molar-refractivity contribution in [3.8, 4) is 0 Å². The van der Waals surface area contributed by atoms with Gasteiger partial charge in [-0.1, -0.05) is 40.5 Å². The summed E-state index contributed by atoms with van der Waals surface area (Å²) in [6, 6.07) is 0.530. The van der Waals surface area contributed by atoms with Gasteiger partial charge in [0.15, 0.2) is 0 Å². The molecule has 1 amide bonds. The van der Waals surface area contributed by atoms with Crippen LogP contribution in [0.2, 0.25) is 0 Å². The van der Waals surface area contributed by atoms with E-state index in [9.17, 15) is 4.79 Å². The lowest BCUT2D eigenvalue weighted by molar-refractivity contribution is -0.133. The van der Waals surface area contributed by atoms with Crippen LogP contribution in [0.5, 0.6) is 0 Å². The number of amides is 1. The third-order valence-corrected chi connectivity index (χ3v) is 5.32. The largest absolute Gasteiger partial charge is 0.323 e. The highest BCUT2D eigenvalue weighted by Gasteiger charge is 2.45. The van der Waals surface area contributed by atoms with Crippen LogP contribution < -0.4 is 5.32 Å². The monoisotopic (exact) mass is 266 g/mol. The van der Waals surface area contributed by atoms with Crippen molar-refractivity contribution in [3.63, 3.8) is 0 Å². The number of carbonyl (C=O) groups excluding carboxylic acids is 1. The molecule has 5 unspecified atom stereocenters. The Bertz CT molecular complexity index is 318. The Morgan fingerprint density at radius 2 is 1.95 bits per heavy atom. The van der Waals surface area contributed by atoms with Crippen molar-refractivity contribution in [2.75, 3.05) is 0 Å². The van der Waals surface area contributed by atoms with Gasteiger partial charge in [-0.2, -0.15) is 0 Å². The molecule has 110 valence electrons. The Labute approximate surface area is 118 Å². The summed E-state index contributed by atoms with van der Waals surface area (Å²) in [6.45, 7) is 8.94. The van der Waals surface area contributed by atoms with Crippen LogP contribution in [-0.2, 0) is 4.79 Å². The summed E-state index contributed by atoms with van der Waals surface area (Å²) in [5.41, 5.74) is 0. The number of hydrogen-bond acceptors (Lipinski definition) is 2. The van der Waals surface area contributed by atoms with Gasteiger partial charge in [0.25, 0.3) is 0 Å². The zero-order valence-corrected chi connectivity index (χ0v) is 13.0. The molecule has 2 aliphatic rings. The highest BCUT2D eigenvalue weighted by atomic mass is 16.2. The predicted octanol–water partition coefficient (Wildman–Crippen LogP) is 3.15. The zero-order valence-electron chi connectivity index (χ0n) is 13.0. The zero-order chi connectivity index (χ0) is 14.0. The average molecular weight is 266 g/mol. The van der Waals surface area contributed by atoms with E-state index in [0.717, 1.165) is 25.2 Å². The Kier molecular flexibility index (Phi) is 4.88. The molecule has 5 atom stereocenters. The molecule has 1 saturated carbocycles. The normalized spacial score (nSPS) is 39.3. The van der Waals surface area contributed by atoms with Crippen LogP contribution in [0.1, 0.15) is 66.2 Å². The first kappa shape index (κ1) is 14.8. The molecule has 1 aliphatic heterocycles. The molecular weight excluding hydrogens is 236 g/mol. The van der Waals surface area contributed by atoms with Crippen molar-refractivity contribution in [3.05, 3.63) is 0 Å². The maximum absolute atomic E-state index is 12.6. The van der Waals surface area contributed by atoms with Crippen molar-refractivity contribution < 1.29 is 4.79 Å². The van der Waals surface area contributed by atoms with Crippen LogP contribution in [0.4, 0.5) is 0 Å². The van der Waals surface area contributed by atoms with Gasteiger partial charge < -0.3 is 4.90 Å². The van der Waals surface area contributed by atoms with Crippen molar-refractivity contribution in [1.82, 2.24) is 10.2 Å². The van der Waals surface area contributed by atoms with E-state index in [0.29, 0.717) is 17.9 Å². The van der Waals surface area contributed by atoms with Gasteiger partial charge in [-0.15, -0.1) is 0 Å². The first-order valence-electron chi connectivity index (χ1n) is 8.22. The topological polar surface area (TPSA) is 32.3 Å².